The maximum absolute atomic E-state index is 5.29. The van der Waals surface area contributed by atoms with Gasteiger partial charge in [0.15, 0.2) is 0 Å². The first kappa shape index (κ1) is 14.9. The maximum atomic E-state index is 5.29. The summed E-state index contributed by atoms with van der Waals surface area (Å²) in [6.45, 7) is 6.84. The van der Waals surface area contributed by atoms with E-state index in [2.05, 4.69) is 34.4 Å². The largest absolute Gasteiger partial charge is 0.338 e. The first-order chi connectivity index (χ1) is 10.6. The second kappa shape index (κ2) is 6.41. The van der Waals surface area contributed by atoms with Gasteiger partial charge in [0.25, 0.3) is 0 Å². The summed E-state index contributed by atoms with van der Waals surface area (Å²) in [5.74, 6) is 1.23. The predicted octanol–water partition coefficient (Wildman–Crippen LogP) is 3.04. The van der Waals surface area contributed by atoms with E-state index in [9.17, 15) is 0 Å². The lowest BCUT2D eigenvalue weighted by atomic mass is 10.2. The van der Waals surface area contributed by atoms with Gasteiger partial charge in [0.05, 0.1) is 18.8 Å². The van der Waals surface area contributed by atoms with Crippen LogP contribution in [0.2, 0.25) is 0 Å². The Bertz CT molecular complexity index is 718. The van der Waals surface area contributed by atoms with Gasteiger partial charge in [0.1, 0.15) is 0 Å². The number of aromatic nitrogens is 4. The molecule has 22 heavy (non-hydrogen) atoms. The van der Waals surface area contributed by atoms with Crippen LogP contribution in [0.25, 0.3) is 11.4 Å². The van der Waals surface area contributed by atoms with Gasteiger partial charge >= 0.3 is 0 Å². The van der Waals surface area contributed by atoms with Crippen molar-refractivity contribution in [1.82, 2.24) is 25.2 Å². The monoisotopic (exact) mass is 317 g/mol. The summed E-state index contributed by atoms with van der Waals surface area (Å²) in [7, 11) is 0. The lowest BCUT2D eigenvalue weighted by molar-refractivity contribution is 0.325. The lowest BCUT2D eigenvalue weighted by Gasteiger charge is -2.20. The molecule has 0 bridgehead atoms. The van der Waals surface area contributed by atoms with E-state index >= 15 is 0 Å². The van der Waals surface area contributed by atoms with Crippen molar-refractivity contribution in [2.75, 3.05) is 0 Å². The standard InChI is InChI=1S/C15H19N5OS/c1-10-6-17-20(8-10)12(3)11(2)16-7-14-18-15(19-21-14)13-4-5-22-9-13/h4-6,8-9,11-12,16H,7H2,1-3H3/t11-,12+/m0/s1. The van der Waals surface area contributed by atoms with Crippen LogP contribution in [0.3, 0.4) is 0 Å². The molecule has 3 heterocycles. The molecule has 0 aromatic carbocycles. The van der Waals surface area contributed by atoms with Crippen LogP contribution in [0.4, 0.5) is 0 Å². The molecule has 116 valence electrons. The van der Waals surface area contributed by atoms with Crippen molar-refractivity contribution >= 4 is 11.3 Å². The smallest absolute Gasteiger partial charge is 0.240 e. The van der Waals surface area contributed by atoms with Crippen molar-refractivity contribution in [2.24, 2.45) is 0 Å². The molecule has 6 nitrogen and oxygen atoms in total. The van der Waals surface area contributed by atoms with Gasteiger partial charge in [-0.2, -0.15) is 21.4 Å². The number of thiophene rings is 1. The van der Waals surface area contributed by atoms with Crippen molar-refractivity contribution in [3.05, 3.63) is 40.7 Å². The topological polar surface area (TPSA) is 68.8 Å². The molecule has 3 aromatic heterocycles. The van der Waals surface area contributed by atoms with Crippen LogP contribution in [-0.4, -0.2) is 26.0 Å². The quantitative estimate of drug-likeness (QED) is 0.757. The minimum atomic E-state index is 0.232. The zero-order valence-corrected chi connectivity index (χ0v) is 13.7. The first-order valence-corrected chi connectivity index (χ1v) is 8.17. The fourth-order valence-electron chi connectivity index (χ4n) is 2.14. The number of hydrogen-bond acceptors (Lipinski definition) is 6. The van der Waals surface area contributed by atoms with Crippen molar-refractivity contribution in [2.45, 2.75) is 39.4 Å². The summed E-state index contributed by atoms with van der Waals surface area (Å²) in [5.41, 5.74) is 2.16. The summed E-state index contributed by atoms with van der Waals surface area (Å²) in [6, 6.07) is 2.46. The number of nitrogens with one attached hydrogen (secondary N) is 1. The van der Waals surface area contributed by atoms with Gasteiger partial charge in [0, 0.05) is 23.2 Å². The molecule has 0 spiro atoms. The van der Waals surface area contributed by atoms with E-state index in [1.807, 2.05) is 40.8 Å². The van der Waals surface area contributed by atoms with Crippen LogP contribution in [0, 0.1) is 6.92 Å². The highest BCUT2D eigenvalue weighted by Gasteiger charge is 2.16. The van der Waals surface area contributed by atoms with Crippen LogP contribution >= 0.6 is 11.3 Å². The summed E-state index contributed by atoms with van der Waals surface area (Å²) in [4.78, 5) is 4.40. The van der Waals surface area contributed by atoms with Crippen molar-refractivity contribution < 1.29 is 4.52 Å². The Kier molecular flexibility index (Phi) is 4.35. The minimum Gasteiger partial charge on any atom is -0.338 e. The highest BCUT2D eigenvalue weighted by molar-refractivity contribution is 7.08. The molecule has 0 saturated carbocycles. The minimum absolute atomic E-state index is 0.232. The van der Waals surface area contributed by atoms with Crippen molar-refractivity contribution in [3.8, 4) is 11.4 Å². The lowest BCUT2D eigenvalue weighted by Crippen LogP contribution is -2.33. The van der Waals surface area contributed by atoms with E-state index in [1.165, 1.54) is 0 Å². The summed E-state index contributed by atoms with van der Waals surface area (Å²) in [5, 5.41) is 15.8. The Morgan fingerprint density at radius 1 is 1.41 bits per heavy atom. The highest BCUT2D eigenvalue weighted by Crippen LogP contribution is 2.18. The molecule has 7 heteroatoms. The molecule has 3 rings (SSSR count). The van der Waals surface area contributed by atoms with Gasteiger partial charge in [-0.1, -0.05) is 5.16 Å². The van der Waals surface area contributed by atoms with Crippen molar-refractivity contribution in [3.63, 3.8) is 0 Å². The molecule has 0 unspecified atom stereocenters. The fourth-order valence-corrected chi connectivity index (χ4v) is 2.77. The van der Waals surface area contributed by atoms with E-state index in [1.54, 1.807) is 11.3 Å². The molecular formula is C15H19N5OS. The number of nitrogens with zero attached hydrogens (tertiary/aromatic N) is 4. The molecule has 3 aromatic rings. The summed E-state index contributed by atoms with van der Waals surface area (Å²) in [6.07, 6.45) is 3.92. The molecule has 0 aliphatic rings. The van der Waals surface area contributed by atoms with Crippen LogP contribution in [0.1, 0.15) is 31.3 Å². The van der Waals surface area contributed by atoms with Gasteiger partial charge in [0.2, 0.25) is 11.7 Å². The molecule has 0 amide bonds. The second-order valence-corrected chi connectivity index (χ2v) is 6.21. The molecule has 0 aliphatic heterocycles. The zero-order valence-electron chi connectivity index (χ0n) is 12.9. The Morgan fingerprint density at radius 2 is 2.27 bits per heavy atom. The van der Waals surface area contributed by atoms with Crippen LogP contribution in [0.15, 0.2) is 33.7 Å². The fraction of sp³-hybridized carbons (Fsp3) is 0.400. The second-order valence-electron chi connectivity index (χ2n) is 5.43. The molecule has 0 fully saturated rings. The molecular weight excluding hydrogens is 298 g/mol. The van der Waals surface area contributed by atoms with Crippen LogP contribution in [-0.2, 0) is 6.54 Å². The van der Waals surface area contributed by atoms with Crippen LogP contribution in [0.5, 0.6) is 0 Å². The van der Waals surface area contributed by atoms with Gasteiger partial charge in [-0.15, -0.1) is 0 Å². The van der Waals surface area contributed by atoms with E-state index in [4.69, 9.17) is 4.52 Å². The summed E-state index contributed by atoms with van der Waals surface area (Å²) < 4.78 is 7.26. The average molecular weight is 317 g/mol. The van der Waals surface area contributed by atoms with Gasteiger partial charge in [-0.25, -0.2) is 0 Å². The van der Waals surface area contributed by atoms with E-state index in [0.717, 1.165) is 11.1 Å². The zero-order chi connectivity index (χ0) is 15.5. The molecule has 0 radical (unpaired) electrons. The SMILES string of the molecule is Cc1cnn([C@H](C)[C@H](C)NCc2nc(-c3ccsc3)no2)c1. The van der Waals surface area contributed by atoms with E-state index < -0.39 is 0 Å². The van der Waals surface area contributed by atoms with Gasteiger partial charge in [-0.05, 0) is 37.8 Å². The Morgan fingerprint density at radius 3 is 2.95 bits per heavy atom. The summed E-state index contributed by atoms with van der Waals surface area (Å²) >= 11 is 1.62. The van der Waals surface area contributed by atoms with E-state index in [0.29, 0.717) is 18.3 Å². The third-order valence-corrected chi connectivity index (χ3v) is 4.38. The van der Waals surface area contributed by atoms with Gasteiger partial charge in [-0.3, -0.25) is 4.68 Å². The van der Waals surface area contributed by atoms with E-state index in [-0.39, 0.29) is 12.1 Å². The average Bonchev–Trinajstić information content (AvgIpc) is 3.24. The molecule has 2 atom stereocenters. The van der Waals surface area contributed by atoms with Gasteiger partial charge < -0.3 is 9.84 Å². The molecule has 0 aliphatic carbocycles. The number of rotatable bonds is 6. The molecule has 0 saturated heterocycles. The third-order valence-electron chi connectivity index (χ3n) is 3.69. The number of aryl methyl sites for hydroxylation is 1. The van der Waals surface area contributed by atoms with Crippen molar-refractivity contribution in [1.29, 1.82) is 0 Å². The maximum Gasteiger partial charge on any atom is 0.240 e. The Labute approximate surface area is 133 Å². The Balaban J connectivity index is 1.58. The van der Waals surface area contributed by atoms with Crippen LogP contribution < -0.4 is 5.32 Å². The third kappa shape index (κ3) is 3.26. The Hall–Kier alpha value is -1.99. The normalized spacial score (nSPS) is 14.1. The predicted molar refractivity (Wildman–Crippen MR) is 85.6 cm³/mol. The highest BCUT2D eigenvalue weighted by atomic mass is 32.1. The molecule has 1 N–H and O–H groups in total. The number of hydrogen-bond donors (Lipinski definition) is 1. The first-order valence-electron chi connectivity index (χ1n) is 7.23.